The van der Waals surface area contributed by atoms with E-state index in [1.807, 2.05) is 0 Å². The molecule has 0 saturated carbocycles. The van der Waals surface area contributed by atoms with Crippen LogP contribution in [0.25, 0.3) is 0 Å². The van der Waals surface area contributed by atoms with Crippen LogP contribution in [0.4, 0.5) is 13.2 Å². The second-order valence-corrected chi connectivity index (χ2v) is 9.84. The molecule has 3 rings (SSSR count). The maximum Gasteiger partial charge on any atom is 0.326 e. The number of carbonyl (C=O) groups excluding carboxylic acids is 2. The molecule has 5 atom stereocenters. The third kappa shape index (κ3) is 8.02. The number of aliphatic carboxylic acids is 2. The first-order valence-corrected chi connectivity index (χ1v) is 12.6. The van der Waals surface area contributed by atoms with Crippen molar-refractivity contribution in [3.05, 3.63) is 71.0 Å². The number of carboxylic acids is 2. The minimum absolute atomic E-state index is 0.0983. The van der Waals surface area contributed by atoms with Crippen LogP contribution in [0.1, 0.15) is 30.9 Å². The smallest absolute Gasteiger partial charge is 0.326 e. The van der Waals surface area contributed by atoms with Crippen molar-refractivity contribution >= 4 is 23.8 Å². The van der Waals surface area contributed by atoms with Gasteiger partial charge in [-0.25, -0.2) is 18.0 Å². The third-order valence-electron chi connectivity index (χ3n) is 6.66. The van der Waals surface area contributed by atoms with E-state index < -0.39 is 71.4 Å². The van der Waals surface area contributed by atoms with Crippen LogP contribution in [-0.2, 0) is 32.0 Å². The average molecular weight is 565 g/mol. The zero-order valence-corrected chi connectivity index (χ0v) is 21.6. The fraction of sp³-hybridized carbons (Fsp3) is 0.407. The lowest BCUT2D eigenvalue weighted by Gasteiger charge is -2.27. The number of carboxylic acid groups (broad SMARTS) is 2. The van der Waals surface area contributed by atoms with E-state index in [0.717, 1.165) is 10.5 Å². The Morgan fingerprint density at radius 3 is 2.30 bits per heavy atom. The summed E-state index contributed by atoms with van der Waals surface area (Å²) in [5.74, 6) is -7.30. The molecule has 0 bridgehead atoms. The molecule has 0 radical (unpaired) electrons. The number of nitrogens with one attached hydrogen (secondary N) is 2. The second kappa shape index (κ2) is 13.4. The van der Waals surface area contributed by atoms with Crippen molar-refractivity contribution in [3.8, 4) is 0 Å². The highest BCUT2D eigenvalue weighted by molar-refractivity contribution is 5.88. The van der Waals surface area contributed by atoms with Gasteiger partial charge in [0.1, 0.15) is 17.9 Å². The predicted octanol–water partition coefficient (Wildman–Crippen LogP) is 1.21. The normalized spacial score (nSPS) is 19.1. The lowest BCUT2D eigenvalue weighted by molar-refractivity contribution is -0.149. The SMILES string of the molecule is C[C@H](N[C@@H](Cc1ccccc1)C(=O)O)C(=O)N1C[C@@H](NC(=O)C[C@H](N)Cc2cc(F)c(F)cc2F)C[C@H]1C(=O)O. The van der Waals surface area contributed by atoms with E-state index >= 15 is 0 Å². The molecule has 2 aromatic carbocycles. The van der Waals surface area contributed by atoms with E-state index in [2.05, 4.69) is 10.6 Å². The molecule has 10 nitrogen and oxygen atoms in total. The molecule has 216 valence electrons. The van der Waals surface area contributed by atoms with Crippen molar-refractivity contribution in [3.63, 3.8) is 0 Å². The first kappa shape index (κ1) is 30.6. The summed E-state index contributed by atoms with van der Waals surface area (Å²) in [4.78, 5) is 50.4. The molecular formula is C27H31F3N4O6. The number of likely N-dealkylation sites (tertiary alicyclic amines) is 1. The molecule has 1 aliphatic heterocycles. The number of nitrogens with zero attached hydrogens (tertiary/aromatic N) is 1. The molecule has 13 heteroatoms. The van der Waals surface area contributed by atoms with E-state index in [0.29, 0.717) is 12.1 Å². The maximum absolute atomic E-state index is 13.9. The van der Waals surface area contributed by atoms with Gasteiger partial charge in [0.15, 0.2) is 11.6 Å². The van der Waals surface area contributed by atoms with Crippen molar-refractivity contribution in [2.24, 2.45) is 5.73 Å². The van der Waals surface area contributed by atoms with Crippen LogP contribution in [-0.4, -0.2) is 75.6 Å². The Labute approximate surface area is 228 Å². The zero-order chi connectivity index (χ0) is 29.6. The molecule has 40 heavy (non-hydrogen) atoms. The number of carbonyl (C=O) groups is 4. The van der Waals surface area contributed by atoms with E-state index in [9.17, 15) is 42.6 Å². The summed E-state index contributed by atoms with van der Waals surface area (Å²) in [6.07, 6.45) is -0.568. The number of halogens is 3. The molecule has 1 heterocycles. The van der Waals surface area contributed by atoms with Gasteiger partial charge in [-0.1, -0.05) is 30.3 Å². The molecule has 0 aliphatic carbocycles. The molecule has 1 saturated heterocycles. The standard InChI is InChI=1S/C27H31F3N4O6/c1-14(32-22(26(37)38)7-15-5-3-2-4-6-15)25(36)34-13-18(11-23(34)27(39)40)33-24(35)10-17(31)8-16-9-20(29)21(30)12-19(16)28/h2-6,9,12,14,17-18,22-23,32H,7-8,10-11,13,31H2,1H3,(H,33,35)(H,37,38)(H,39,40)/t14-,17+,18-,22-,23-/m0/s1. The number of rotatable bonds is 12. The third-order valence-corrected chi connectivity index (χ3v) is 6.66. The van der Waals surface area contributed by atoms with Gasteiger partial charge in [-0.05, 0) is 37.0 Å². The lowest BCUT2D eigenvalue weighted by atomic mass is 10.0. The summed E-state index contributed by atoms with van der Waals surface area (Å²) in [7, 11) is 0. The first-order chi connectivity index (χ1) is 18.8. The highest BCUT2D eigenvalue weighted by Gasteiger charge is 2.42. The highest BCUT2D eigenvalue weighted by Crippen LogP contribution is 2.21. The van der Waals surface area contributed by atoms with Gasteiger partial charge in [0.2, 0.25) is 11.8 Å². The molecule has 0 unspecified atom stereocenters. The quantitative estimate of drug-likeness (QED) is 0.240. The van der Waals surface area contributed by atoms with Crippen molar-refractivity contribution in [2.45, 2.75) is 62.8 Å². The number of hydrogen-bond donors (Lipinski definition) is 5. The molecule has 0 aromatic heterocycles. The van der Waals surface area contributed by atoms with Crippen LogP contribution >= 0.6 is 0 Å². The minimum Gasteiger partial charge on any atom is -0.480 e. The lowest BCUT2D eigenvalue weighted by Crippen LogP contribution is -2.53. The Balaban J connectivity index is 1.59. The summed E-state index contributed by atoms with van der Waals surface area (Å²) in [6.45, 7) is 1.29. The molecule has 2 aromatic rings. The number of nitrogens with two attached hydrogens (primary N) is 1. The maximum atomic E-state index is 13.9. The van der Waals surface area contributed by atoms with Gasteiger partial charge in [0.05, 0.1) is 6.04 Å². The van der Waals surface area contributed by atoms with Gasteiger partial charge in [0.25, 0.3) is 0 Å². The van der Waals surface area contributed by atoms with Crippen molar-refractivity contribution in [2.75, 3.05) is 6.54 Å². The Kier molecular flexibility index (Phi) is 10.2. The van der Waals surface area contributed by atoms with Crippen LogP contribution in [0.2, 0.25) is 0 Å². The van der Waals surface area contributed by atoms with E-state index in [1.54, 1.807) is 30.3 Å². The summed E-state index contributed by atoms with van der Waals surface area (Å²) < 4.78 is 40.5. The molecule has 0 spiro atoms. The van der Waals surface area contributed by atoms with Gasteiger partial charge in [0, 0.05) is 37.5 Å². The average Bonchev–Trinajstić information content (AvgIpc) is 3.30. The highest BCUT2D eigenvalue weighted by atomic mass is 19.2. The zero-order valence-electron chi connectivity index (χ0n) is 21.6. The molecule has 1 aliphatic rings. The van der Waals surface area contributed by atoms with Crippen LogP contribution in [0.3, 0.4) is 0 Å². The van der Waals surface area contributed by atoms with E-state index in [-0.39, 0.29) is 37.8 Å². The fourth-order valence-electron chi connectivity index (χ4n) is 4.71. The first-order valence-electron chi connectivity index (χ1n) is 12.6. The fourth-order valence-corrected chi connectivity index (χ4v) is 4.71. The van der Waals surface area contributed by atoms with Gasteiger partial charge in [-0.3, -0.25) is 19.7 Å². The van der Waals surface area contributed by atoms with Gasteiger partial charge in [-0.2, -0.15) is 0 Å². The Bertz CT molecular complexity index is 1250. The summed E-state index contributed by atoms with van der Waals surface area (Å²) in [5.41, 5.74) is 6.43. The Morgan fingerprint density at radius 1 is 1.02 bits per heavy atom. The van der Waals surface area contributed by atoms with Crippen LogP contribution in [0.15, 0.2) is 42.5 Å². The Morgan fingerprint density at radius 2 is 1.68 bits per heavy atom. The minimum atomic E-state index is -1.35. The van der Waals surface area contributed by atoms with Gasteiger partial charge in [-0.15, -0.1) is 0 Å². The van der Waals surface area contributed by atoms with Crippen LogP contribution < -0.4 is 16.4 Å². The number of amides is 2. The number of hydrogen-bond acceptors (Lipinski definition) is 6. The largest absolute Gasteiger partial charge is 0.480 e. The summed E-state index contributed by atoms with van der Waals surface area (Å²) >= 11 is 0. The van der Waals surface area contributed by atoms with Crippen LogP contribution in [0.5, 0.6) is 0 Å². The van der Waals surface area contributed by atoms with Crippen molar-refractivity contribution in [1.82, 2.24) is 15.5 Å². The van der Waals surface area contributed by atoms with E-state index in [4.69, 9.17) is 5.73 Å². The van der Waals surface area contributed by atoms with Crippen molar-refractivity contribution < 1.29 is 42.6 Å². The molecule has 1 fully saturated rings. The monoisotopic (exact) mass is 564 g/mol. The second-order valence-electron chi connectivity index (χ2n) is 9.84. The predicted molar refractivity (Wildman–Crippen MR) is 136 cm³/mol. The Hall–Kier alpha value is -3.97. The molecule has 6 N–H and O–H groups in total. The van der Waals surface area contributed by atoms with Gasteiger partial charge < -0.3 is 26.2 Å². The molecular weight excluding hydrogens is 533 g/mol. The van der Waals surface area contributed by atoms with Crippen LogP contribution in [0, 0.1) is 17.5 Å². The molecule has 2 amide bonds. The summed E-state index contributed by atoms with van der Waals surface area (Å²) in [6, 6.07) is 4.76. The summed E-state index contributed by atoms with van der Waals surface area (Å²) in [5, 5.41) is 24.7. The topological polar surface area (TPSA) is 162 Å². The number of benzene rings is 2. The van der Waals surface area contributed by atoms with Gasteiger partial charge >= 0.3 is 11.9 Å². The van der Waals surface area contributed by atoms with Crippen molar-refractivity contribution in [1.29, 1.82) is 0 Å². The van der Waals surface area contributed by atoms with E-state index in [1.165, 1.54) is 6.92 Å².